The number of benzene rings is 3. The van der Waals surface area contributed by atoms with E-state index >= 15 is 0 Å². The van der Waals surface area contributed by atoms with E-state index in [0.29, 0.717) is 5.69 Å². The number of sulfonamides is 1. The molecule has 0 aromatic heterocycles. The van der Waals surface area contributed by atoms with Gasteiger partial charge in [-0.05, 0) is 74.2 Å². The first-order chi connectivity index (χ1) is 14.8. The molecule has 0 spiro atoms. The molecular formula is C25H26N2O3S. The molecule has 0 radical (unpaired) electrons. The molecule has 0 saturated heterocycles. The zero-order valence-corrected chi connectivity index (χ0v) is 18.8. The predicted octanol–water partition coefficient (Wildman–Crippen LogP) is 4.48. The molecule has 1 aliphatic rings. The largest absolute Gasteiger partial charge is 0.307 e. The first-order valence-corrected chi connectivity index (χ1v) is 11.8. The Morgan fingerprint density at radius 2 is 1.65 bits per heavy atom. The number of carbonyl (C=O) groups is 1. The molecule has 1 aliphatic heterocycles. The van der Waals surface area contributed by atoms with E-state index in [1.54, 1.807) is 41.3 Å². The van der Waals surface area contributed by atoms with E-state index in [1.807, 2.05) is 57.2 Å². The van der Waals surface area contributed by atoms with Gasteiger partial charge in [0.15, 0.2) is 0 Å². The minimum Gasteiger partial charge on any atom is -0.307 e. The molecule has 0 aliphatic carbocycles. The van der Waals surface area contributed by atoms with Crippen LogP contribution in [0.5, 0.6) is 0 Å². The van der Waals surface area contributed by atoms with Gasteiger partial charge in [-0.3, -0.25) is 9.10 Å². The Morgan fingerprint density at radius 1 is 0.968 bits per heavy atom. The lowest BCUT2D eigenvalue weighted by Gasteiger charge is -2.29. The summed E-state index contributed by atoms with van der Waals surface area (Å²) in [5.41, 5.74) is 4.48. The molecule has 0 N–H and O–H groups in total. The predicted molar refractivity (Wildman–Crippen MR) is 124 cm³/mol. The molecule has 1 amide bonds. The molecule has 4 rings (SSSR count). The maximum absolute atomic E-state index is 13.6. The highest BCUT2D eigenvalue weighted by molar-refractivity contribution is 7.92. The normalized spacial score (nSPS) is 15.6. The molecule has 3 aromatic rings. The number of rotatable bonds is 5. The third kappa shape index (κ3) is 3.95. The Morgan fingerprint density at radius 3 is 2.35 bits per heavy atom. The average molecular weight is 435 g/mol. The Bertz CT molecular complexity index is 1220. The monoisotopic (exact) mass is 434 g/mol. The molecule has 160 valence electrons. The number of fused-ring (bicyclic) bond motifs is 1. The van der Waals surface area contributed by atoms with Gasteiger partial charge in [-0.1, -0.05) is 42.5 Å². The van der Waals surface area contributed by atoms with Crippen molar-refractivity contribution < 1.29 is 13.2 Å². The highest BCUT2D eigenvalue weighted by Gasteiger charge is 2.34. The van der Waals surface area contributed by atoms with Crippen molar-refractivity contribution in [1.29, 1.82) is 0 Å². The molecule has 0 fully saturated rings. The first-order valence-electron chi connectivity index (χ1n) is 10.3. The number of anilines is 2. The van der Waals surface area contributed by atoms with Gasteiger partial charge in [-0.2, -0.15) is 0 Å². The van der Waals surface area contributed by atoms with Crippen LogP contribution < -0.4 is 9.21 Å². The molecular weight excluding hydrogens is 408 g/mol. The second-order valence-corrected chi connectivity index (χ2v) is 9.90. The van der Waals surface area contributed by atoms with Gasteiger partial charge in [0.05, 0.1) is 10.6 Å². The standard InChI is InChI=1S/C25H26N2O3S/c1-18-13-14-22(15-19(18)2)26(31(29,30)23-10-5-4-6-11-23)17-25(28)27-20(3)16-21-9-7-8-12-24(21)27/h4-15,20H,16-17H2,1-3H3/t20-/m1/s1. The fourth-order valence-electron chi connectivity index (χ4n) is 4.06. The van der Waals surface area contributed by atoms with E-state index in [2.05, 4.69) is 0 Å². The summed E-state index contributed by atoms with van der Waals surface area (Å²) in [5.74, 6) is -0.241. The molecule has 6 heteroatoms. The van der Waals surface area contributed by atoms with Gasteiger partial charge in [0.25, 0.3) is 10.0 Å². The van der Waals surface area contributed by atoms with E-state index in [9.17, 15) is 13.2 Å². The summed E-state index contributed by atoms with van der Waals surface area (Å²) in [5, 5.41) is 0. The molecule has 1 atom stereocenters. The van der Waals surface area contributed by atoms with E-state index in [-0.39, 0.29) is 23.4 Å². The van der Waals surface area contributed by atoms with Crippen LogP contribution >= 0.6 is 0 Å². The quantitative estimate of drug-likeness (QED) is 0.595. The minimum atomic E-state index is -3.92. The Labute approximate surface area is 184 Å². The highest BCUT2D eigenvalue weighted by Crippen LogP contribution is 2.33. The third-order valence-corrected chi connectivity index (χ3v) is 7.65. The molecule has 3 aromatic carbocycles. The summed E-state index contributed by atoms with van der Waals surface area (Å²) in [6, 6.07) is 21.5. The van der Waals surface area contributed by atoms with E-state index in [4.69, 9.17) is 0 Å². The zero-order valence-electron chi connectivity index (χ0n) is 17.9. The third-order valence-electron chi connectivity index (χ3n) is 5.86. The second kappa shape index (κ2) is 8.19. The van der Waals surface area contributed by atoms with Crippen molar-refractivity contribution in [3.63, 3.8) is 0 Å². The lowest BCUT2D eigenvalue weighted by Crippen LogP contribution is -2.45. The van der Waals surface area contributed by atoms with E-state index in [1.165, 1.54) is 4.31 Å². The number of carbonyl (C=O) groups excluding carboxylic acids is 1. The van der Waals surface area contributed by atoms with Gasteiger partial charge >= 0.3 is 0 Å². The number of hydrogen-bond donors (Lipinski definition) is 0. The van der Waals surface area contributed by atoms with Crippen molar-refractivity contribution in [3.8, 4) is 0 Å². The Kier molecular flexibility index (Phi) is 5.58. The maximum atomic E-state index is 13.6. The lowest BCUT2D eigenvalue weighted by atomic mass is 10.1. The van der Waals surface area contributed by atoms with Crippen molar-refractivity contribution in [1.82, 2.24) is 0 Å². The van der Waals surface area contributed by atoms with Crippen molar-refractivity contribution in [3.05, 3.63) is 89.5 Å². The van der Waals surface area contributed by atoms with Crippen LogP contribution in [0.15, 0.2) is 77.7 Å². The molecule has 0 unspecified atom stereocenters. The molecule has 0 bridgehead atoms. The minimum absolute atomic E-state index is 0.0223. The van der Waals surface area contributed by atoms with Gasteiger partial charge < -0.3 is 4.90 Å². The van der Waals surface area contributed by atoms with Crippen LogP contribution in [0, 0.1) is 13.8 Å². The van der Waals surface area contributed by atoms with Gasteiger partial charge in [-0.15, -0.1) is 0 Å². The van der Waals surface area contributed by atoms with Crippen molar-refractivity contribution >= 4 is 27.3 Å². The van der Waals surface area contributed by atoms with Gasteiger partial charge in [0, 0.05) is 11.7 Å². The number of aryl methyl sites for hydroxylation is 2. The van der Waals surface area contributed by atoms with Crippen molar-refractivity contribution in [2.75, 3.05) is 15.7 Å². The molecule has 1 heterocycles. The van der Waals surface area contributed by atoms with Crippen LogP contribution in [0.2, 0.25) is 0 Å². The topological polar surface area (TPSA) is 57.7 Å². The number of nitrogens with zero attached hydrogens (tertiary/aromatic N) is 2. The molecule has 5 nitrogen and oxygen atoms in total. The SMILES string of the molecule is Cc1ccc(N(CC(=O)N2c3ccccc3C[C@H]2C)S(=O)(=O)c2ccccc2)cc1C. The summed E-state index contributed by atoms with van der Waals surface area (Å²) >= 11 is 0. The maximum Gasteiger partial charge on any atom is 0.264 e. The van der Waals surface area contributed by atoms with Crippen LogP contribution in [0.4, 0.5) is 11.4 Å². The van der Waals surface area contributed by atoms with Gasteiger partial charge in [0.2, 0.25) is 5.91 Å². The average Bonchev–Trinajstić information content (AvgIpc) is 3.10. The van der Waals surface area contributed by atoms with Gasteiger partial charge in [-0.25, -0.2) is 8.42 Å². The fraction of sp³-hybridized carbons (Fsp3) is 0.240. The fourth-order valence-corrected chi connectivity index (χ4v) is 5.49. The summed E-state index contributed by atoms with van der Waals surface area (Å²) in [6.45, 7) is 5.64. The van der Waals surface area contributed by atoms with Crippen LogP contribution in [0.25, 0.3) is 0 Å². The number of para-hydroxylation sites is 1. The van der Waals surface area contributed by atoms with Crippen LogP contribution in [0.3, 0.4) is 0 Å². The molecule has 0 saturated carbocycles. The smallest absolute Gasteiger partial charge is 0.264 e. The Balaban J connectivity index is 1.75. The zero-order chi connectivity index (χ0) is 22.2. The molecule has 31 heavy (non-hydrogen) atoms. The summed E-state index contributed by atoms with van der Waals surface area (Å²) in [7, 11) is -3.92. The van der Waals surface area contributed by atoms with E-state index < -0.39 is 10.0 Å². The summed E-state index contributed by atoms with van der Waals surface area (Å²) < 4.78 is 28.4. The van der Waals surface area contributed by atoms with Crippen LogP contribution in [-0.4, -0.2) is 26.9 Å². The van der Waals surface area contributed by atoms with E-state index in [0.717, 1.165) is 28.8 Å². The Hall–Kier alpha value is -3.12. The highest BCUT2D eigenvalue weighted by atomic mass is 32.2. The summed E-state index contributed by atoms with van der Waals surface area (Å²) in [4.78, 5) is 15.3. The summed E-state index contributed by atoms with van der Waals surface area (Å²) in [6.07, 6.45) is 0.761. The van der Waals surface area contributed by atoms with Crippen molar-refractivity contribution in [2.45, 2.75) is 38.1 Å². The van der Waals surface area contributed by atoms with Crippen LogP contribution in [-0.2, 0) is 21.2 Å². The van der Waals surface area contributed by atoms with Gasteiger partial charge in [0.1, 0.15) is 6.54 Å². The lowest BCUT2D eigenvalue weighted by molar-refractivity contribution is -0.117. The number of amides is 1. The van der Waals surface area contributed by atoms with Crippen molar-refractivity contribution in [2.24, 2.45) is 0 Å². The number of hydrogen-bond acceptors (Lipinski definition) is 3. The van der Waals surface area contributed by atoms with Crippen LogP contribution in [0.1, 0.15) is 23.6 Å². The first kappa shape index (κ1) is 21.1. The second-order valence-electron chi connectivity index (χ2n) is 8.04.